The highest BCUT2D eigenvalue weighted by atomic mass is 79.9. The number of benzene rings is 1. The van der Waals surface area contributed by atoms with Gasteiger partial charge in [-0.3, -0.25) is 9.59 Å². The molecule has 0 aliphatic carbocycles. The van der Waals surface area contributed by atoms with Gasteiger partial charge in [0.05, 0.1) is 0 Å². The molecule has 0 unspecified atom stereocenters. The Morgan fingerprint density at radius 1 is 1.10 bits per heavy atom. The van der Waals surface area contributed by atoms with E-state index in [9.17, 15) is 9.59 Å². The molecule has 2 N–H and O–H groups in total. The predicted octanol–water partition coefficient (Wildman–Crippen LogP) is 1.85. The van der Waals surface area contributed by atoms with Crippen LogP contribution in [-0.4, -0.2) is 42.9 Å². The third-order valence-electron chi connectivity index (χ3n) is 2.92. The smallest absolute Gasteiger partial charge is 0.313 e. The van der Waals surface area contributed by atoms with Gasteiger partial charge in [0.25, 0.3) is 0 Å². The Hall–Kier alpha value is -1.40. The summed E-state index contributed by atoms with van der Waals surface area (Å²) in [6, 6.07) is 7.05. The zero-order valence-corrected chi connectivity index (χ0v) is 13.4. The Morgan fingerprint density at radius 3 is 2.25 bits per heavy atom. The summed E-state index contributed by atoms with van der Waals surface area (Å²) < 4.78 is 0.916. The van der Waals surface area contributed by atoms with Crippen molar-refractivity contribution in [2.24, 2.45) is 0 Å². The van der Waals surface area contributed by atoms with Crippen molar-refractivity contribution in [3.8, 4) is 0 Å². The molecule has 0 aliphatic rings. The Labute approximate surface area is 127 Å². The molecule has 2 amide bonds. The minimum Gasteiger partial charge on any atom is -0.347 e. The van der Waals surface area contributed by atoms with Gasteiger partial charge in [0.1, 0.15) is 0 Å². The monoisotopic (exact) mass is 341 g/mol. The molecule has 0 spiro atoms. The number of halogens is 1. The lowest BCUT2D eigenvalue weighted by Crippen LogP contribution is -2.40. The maximum Gasteiger partial charge on any atom is 0.313 e. The second kappa shape index (κ2) is 8.71. The molecule has 0 aromatic heterocycles. The molecule has 0 saturated carbocycles. The molecule has 1 rings (SSSR count). The molecular weight excluding hydrogens is 322 g/mol. The fourth-order valence-electron chi connectivity index (χ4n) is 1.67. The van der Waals surface area contributed by atoms with Crippen molar-refractivity contribution in [2.75, 3.05) is 31.5 Å². The molecule has 6 heteroatoms. The number of nitrogens with one attached hydrogen (secondary N) is 2. The van der Waals surface area contributed by atoms with Gasteiger partial charge in [-0.2, -0.15) is 0 Å². The van der Waals surface area contributed by atoms with Gasteiger partial charge in [0.15, 0.2) is 0 Å². The van der Waals surface area contributed by atoms with Crippen molar-refractivity contribution in [1.82, 2.24) is 10.2 Å². The highest BCUT2D eigenvalue weighted by Gasteiger charge is 2.13. The lowest BCUT2D eigenvalue weighted by molar-refractivity contribution is -0.136. The van der Waals surface area contributed by atoms with Crippen molar-refractivity contribution in [1.29, 1.82) is 0 Å². The maximum absolute atomic E-state index is 11.7. The van der Waals surface area contributed by atoms with Crippen LogP contribution in [0.5, 0.6) is 0 Å². The van der Waals surface area contributed by atoms with Crippen LogP contribution in [-0.2, 0) is 9.59 Å². The van der Waals surface area contributed by atoms with E-state index >= 15 is 0 Å². The van der Waals surface area contributed by atoms with Crippen LogP contribution in [0.15, 0.2) is 28.7 Å². The quantitative estimate of drug-likeness (QED) is 0.776. The number of rotatable bonds is 6. The van der Waals surface area contributed by atoms with E-state index in [1.165, 1.54) is 0 Å². The van der Waals surface area contributed by atoms with Gasteiger partial charge in [-0.25, -0.2) is 0 Å². The highest BCUT2D eigenvalue weighted by Crippen LogP contribution is 2.13. The number of nitrogens with zero attached hydrogens (tertiary/aromatic N) is 1. The van der Waals surface area contributed by atoms with E-state index in [1.54, 1.807) is 24.3 Å². The SMILES string of the molecule is CCN(CC)CCNC(=O)C(=O)Nc1ccc(Br)cc1. The van der Waals surface area contributed by atoms with Gasteiger partial charge in [-0.15, -0.1) is 0 Å². The zero-order chi connectivity index (χ0) is 15.0. The molecule has 0 atom stereocenters. The van der Waals surface area contributed by atoms with Crippen molar-refractivity contribution >= 4 is 33.4 Å². The third-order valence-corrected chi connectivity index (χ3v) is 3.45. The normalized spacial score (nSPS) is 10.4. The Kier molecular flexibility index (Phi) is 7.25. The van der Waals surface area contributed by atoms with E-state index in [2.05, 4.69) is 45.3 Å². The Morgan fingerprint density at radius 2 is 1.70 bits per heavy atom. The largest absolute Gasteiger partial charge is 0.347 e. The van der Waals surface area contributed by atoms with E-state index in [0.717, 1.165) is 24.1 Å². The van der Waals surface area contributed by atoms with Gasteiger partial charge in [-0.1, -0.05) is 29.8 Å². The molecule has 0 saturated heterocycles. The van der Waals surface area contributed by atoms with Crippen LogP contribution in [0.2, 0.25) is 0 Å². The summed E-state index contributed by atoms with van der Waals surface area (Å²) in [5.74, 6) is -1.26. The average molecular weight is 342 g/mol. The van der Waals surface area contributed by atoms with Crippen LogP contribution in [0, 0.1) is 0 Å². The van der Waals surface area contributed by atoms with Gasteiger partial charge >= 0.3 is 11.8 Å². The first-order valence-corrected chi connectivity index (χ1v) is 7.43. The highest BCUT2D eigenvalue weighted by molar-refractivity contribution is 9.10. The first-order valence-electron chi connectivity index (χ1n) is 6.64. The van der Waals surface area contributed by atoms with E-state index in [4.69, 9.17) is 0 Å². The summed E-state index contributed by atoms with van der Waals surface area (Å²) in [6.07, 6.45) is 0. The van der Waals surface area contributed by atoms with Crippen molar-refractivity contribution < 1.29 is 9.59 Å². The molecule has 0 fully saturated rings. The molecule has 1 aromatic carbocycles. The topological polar surface area (TPSA) is 61.4 Å². The minimum absolute atomic E-state index is 0.467. The number of anilines is 1. The number of hydrogen-bond acceptors (Lipinski definition) is 3. The molecular formula is C14H20BrN3O2. The lowest BCUT2D eigenvalue weighted by Gasteiger charge is -2.17. The summed E-state index contributed by atoms with van der Waals surface area (Å²) in [4.78, 5) is 25.5. The van der Waals surface area contributed by atoms with E-state index in [0.29, 0.717) is 12.2 Å². The minimum atomic E-state index is -0.646. The average Bonchev–Trinajstić information content (AvgIpc) is 2.45. The van der Waals surface area contributed by atoms with Crippen LogP contribution in [0.25, 0.3) is 0 Å². The molecule has 5 nitrogen and oxygen atoms in total. The number of likely N-dealkylation sites (N-methyl/N-ethyl adjacent to an activating group) is 1. The summed E-state index contributed by atoms with van der Waals surface area (Å²) in [7, 11) is 0. The van der Waals surface area contributed by atoms with Gasteiger partial charge in [0.2, 0.25) is 0 Å². The van der Waals surface area contributed by atoms with E-state index < -0.39 is 11.8 Å². The Bertz CT molecular complexity index is 444. The van der Waals surface area contributed by atoms with E-state index in [-0.39, 0.29) is 0 Å². The molecule has 110 valence electrons. The summed E-state index contributed by atoms with van der Waals surface area (Å²) in [5.41, 5.74) is 0.595. The zero-order valence-electron chi connectivity index (χ0n) is 11.8. The van der Waals surface area contributed by atoms with Crippen LogP contribution < -0.4 is 10.6 Å². The molecule has 0 radical (unpaired) electrons. The fraction of sp³-hybridized carbons (Fsp3) is 0.429. The maximum atomic E-state index is 11.7. The third kappa shape index (κ3) is 5.71. The standard InChI is InChI=1S/C14H20BrN3O2/c1-3-18(4-2)10-9-16-13(19)14(20)17-12-7-5-11(15)6-8-12/h5-8H,3-4,9-10H2,1-2H3,(H,16,19)(H,17,20). The number of carbonyl (C=O) groups is 2. The van der Waals surface area contributed by atoms with E-state index in [1.807, 2.05) is 0 Å². The molecule has 0 bridgehead atoms. The van der Waals surface area contributed by atoms with Crippen molar-refractivity contribution in [3.05, 3.63) is 28.7 Å². The summed E-state index contributed by atoms with van der Waals surface area (Å²) >= 11 is 3.31. The van der Waals surface area contributed by atoms with Crippen LogP contribution in [0.4, 0.5) is 5.69 Å². The number of carbonyl (C=O) groups excluding carboxylic acids is 2. The fourth-order valence-corrected chi connectivity index (χ4v) is 1.93. The van der Waals surface area contributed by atoms with Crippen LogP contribution in [0.3, 0.4) is 0 Å². The van der Waals surface area contributed by atoms with Gasteiger partial charge in [0, 0.05) is 23.2 Å². The predicted molar refractivity (Wildman–Crippen MR) is 83.6 cm³/mol. The molecule has 1 aromatic rings. The van der Waals surface area contributed by atoms with Crippen LogP contribution >= 0.6 is 15.9 Å². The number of hydrogen-bond donors (Lipinski definition) is 2. The first kappa shape index (κ1) is 16.7. The summed E-state index contributed by atoms with van der Waals surface area (Å²) in [5, 5.41) is 5.16. The lowest BCUT2D eigenvalue weighted by atomic mass is 10.3. The summed E-state index contributed by atoms with van der Waals surface area (Å²) in [6.45, 7) is 7.19. The molecule has 0 aliphatic heterocycles. The van der Waals surface area contributed by atoms with Gasteiger partial charge in [-0.05, 0) is 37.4 Å². The van der Waals surface area contributed by atoms with Crippen molar-refractivity contribution in [2.45, 2.75) is 13.8 Å². The Balaban J connectivity index is 2.36. The first-order chi connectivity index (χ1) is 9.56. The molecule has 20 heavy (non-hydrogen) atoms. The van der Waals surface area contributed by atoms with Crippen LogP contribution in [0.1, 0.15) is 13.8 Å². The number of amides is 2. The second-order valence-corrected chi connectivity index (χ2v) is 5.16. The molecule has 0 heterocycles. The van der Waals surface area contributed by atoms with Crippen molar-refractivity contribution in [3.63, 3.8) is 0 Å². The van der Waals surface area contributed by atoms with Gasteiger partial charge < -0.3 is 15.5 Å². The second-order valence-electron chi connectivity index (χ2n) is 4.24.